The van der Waals surface area contributed by atoms with Gasteiger partial charge in [0.2, 0.25) is 0 Å². The van der Waals surface area contributed by atoms with Crippen molar-refractivity contribution in [2.45, 2.75) is 25.3 Å². The van der Waals surface area contributed by atoms with Crippen molar-refractivity contribution in [1.82, 2.24) is 9.88 Å². The van der Waals surface area contributed by atoms with Crippen LogP contribution in [-0.4, -0.2) is 40.3 Å². The first kappa shape index (κ1) is 15.0. The van der Waals surface area contributed by atoms with Crippen LogP contribution in [0.15, 0.2) is 48.7 Å². The molecule has 0 fully saturated rings. The number of rotatable bonds is 4. The number of benzene rings is 1. The van der Waals surface area contributed by atoms with Crippen LogP contribution in [0.3, 0.4) is 0 Å². The fourth-order valence-corrected chi connectivity index (χ4v) is 2.70. The van der Waals surface area contributed by atoms with Gasteiger partial charge >= 0.3 is 0 Å². The molecule has 0 aliphatic carbocycles. The molecule has 22 heavy (non-hydrogen) atoms. The molecule has 3 rings (SSSR count). The number of nitrogens with zero attached hydrogens (tertiary/aromatic N) is 2. The molecule has 1 aliphatic heterocycles. The third-order valence-corrected chi connectivity index (χ3v) is 3.87. The number of hydrogen-bond donors (Lipinski definition) is 2. The molecule has 2 heterocycles. The number of aromatic nitrogens is 1. The van der Waals surface area contributed by atoms with Crippen LogP contribution in [0.4, 0.5) is 0 Å². The third-order valence-electron chi connectivity index (χ3n) is 3.87. The lowest BCUT2D eigenvalue weighted by Crippen LogP contribution is -2.44. The number of pyridine rings is 1. The smallest absolute Gasteiger partial charge is 0.138 e. The monoisotopic (exact) mass is 299 g/mol. The third kappa shape index (κ3) is 3.44. The van der Waals surface area contributed by atoms with Crippen LogP contribution in [0, 0.1) is 0 Å². The molecule has 1 aromatic heterocycles. The summed E-state index contributed by atoms with van der Waals surface area (Å²) < 4.78 is 5.99. The van der Waals surface area contributed by atoms with E-state index in [2.05, 4.69) is 16.0 Å². The van der Waals surface area contributed by atoms with Crippen molar-refractivity contribution >= 4 is 0 Å². The van der Waals surface area contributed by atoms with E-state index in [1.807, 2.05) is 36.4 Å². The molecule has 5 nitrogen and oxygen atoms in total. The number of nitrogens with two attached hydrogens (primary N) is 1. The minimum atomic E-state index is -0.683. The van der Waals surface area contributed by atoms with Gasteiger partial charge in [-0.1, -0.05) is 24.3 Å². The first-order valence-electron chi connectivity index (χ1n) is 7.51. The van der Waals surface area contributed by atoms with Gasteiger partial charge in [-0.25, -0.2) is 0 Å². The SMILES string of the molecule is NCC(O)C1CN(Cc2ccccn2)Cc2ccccc2O1. The minimum absolute atomic E-state index is 0.185. The largest absolute Gasteiger partial charge is 0.486 e. The molecule has 0 bridgehead atoms. The lowest BCUT2D eigenvalue weighted by molar-refractivity contribution is 0.0231. The van der Waals surface area contributed by atoms with Crippen LogP contribution >= 0.6 is 0 Å². The standard InChI is InChI=1S/C17H21N3O2/c18-9-15(21)17-12-20(11-14-6-3-4-8-19-14)10-13-5-1-2-7-16(13)22-17/h1-8,15,17,21H,9-12,18H2. The zero-order valence-corrected chi connectivity index (χ0v) is 12.4. The maximum Gasteiger partial charge on any atom is 0.138 e. The molecular weight excluding hydrogens is 278 g/mol. The number of para-hydroxylation sites is 1. The van der Waals surface area contributed by atoms with Crippen LogP contribution in [0.2, 0.25) is 0 Å². The van der Waals surface area contributed by atoms with Gasteiger partial charge in [-0.15, -0.1) is 0 Å². The molecule has 0 radical (unpaired) electrons. The van der Waals surface area contributed by atoms with Crippen LogP contribution < -0.4 is 10.5 Å². The number of aliphatic hydroxyl groups excluding tert-OH is 1. The summed E-state index contributed by atoms with van der Waals surface area (Å²) in [5.74, 6) is 0.823. The Bertz CT molecular complexity index is 606. The normalized spacial score (nSPS) is 19.8. The average molecular weight is 299 g/mol. The van der Waals surface area contributed by atoms with Gasteiger partial charge in [0.25, 0.3) is 0 Å². The molecule has 3 N–H and O–H groups in total. The highest BCUT2D eigenvalue weighted by molar-refractivity contribution is 5.34. The summed E-state index contributed by atoms with van der Waals surface area (Å²) in [6.45, 7) is 2.28. The minimum Gasteiger partial charge on any atom is -0.486 e. The summed E-state index contributed by atoms with van der Waals surface area (Å²) in [5, 5.41) is 10.1. The van der Waals surface area contributed by atoms with Gasteiger partial charge in [0.15, 0.2) is 0 Å². The molecular formula is C17H21N3O2. The Morgan fingerprint density at radius 1 is 1.27 bits per heavy atom. The van der Waals surface area contributed by atoms with Gasteiger partial charge in [-0.05, 0) is 18.2 Å². The summed E-state index contributed by atoms with van der Waals surface area (Å²) in [6.07, 6.45) is 0.777. The Morgan fingerprint density at radius 3 is 2.86 bits per heavy atom. The van der Waals surface area contributed by atoms with E-state index in [1.165, 1.54) is 0 Å². The summed E-state index contributed by atoms with van der Waals surface area (Å²) in [5.41, 5.74) is 7.73. The maximum atomic E-state index is 10.1. The van der Waals surface area contributed by atoms with Gasteiger partial charge in [0, 0.05) is 37.9 Å². The van der Waals surface area contributed by atoms with Gasteiger partial charge in [0.05, 0.1) is 5.69 Å². The van der Waals surface area contributed by atoms with Crippen molar-refractivity contribution in [3.63, 3.8) is 0 Å². The molecule has 0 amide bonds. The quantitative estimate of drug-likeness (QED) is 0.886. The Kier molecular flexibility index (Phi) is 4.68. The van der Waals surface area contributed by atoms with Gasteiger partial charge in [0.1, 0.15) is 18.0 Å². The first-order chi connectivity index (χ1) is 10.8. The molecule has 0 saturated heterocycles. The predicted octanol–water partition coefficient (Wildman–Crippen LogP) is 1.16. The number of hydrogen-bond acceptors (Lipinski definition) is 5. The average Bonchev–Trinajstić information content (AvgIpc) is 2.74. The van der Waals surface area contributed by atoms with Crippen molar-refractivity contribution in [3.05, 3.63) is 59.9 Å². The van der Waals surface area contributed by atoms with Crippen LogP contribution in [0.5, 0.6) is 5.75 Å². The second kappa shape index (κ2) is 6.87. The van der Waals surface area contributed by atoms with Crippen molar-refractivity contribution in [2.24, 2.45) is 5.73 Å². The second-order valence-corrected chi connectivity index (χ2v) is 5.56. The van der Waals surface area contributed by atoms with Crippen molar-refractivity contribution < 1.29 is 9.84 Å². The fraction of sp³-hybridized carbons (Fsp3) is 0.353. The number of ether oxygens (including phenoxy) is 1. The predicted molar refractivity (Wildman–Crippen MR) is 84.3 cm³/mol. The Morgan fingerprint density at radius 2 is 2.09 bits per heavy atom. The van der Waals surface area contributed by atoms with E-state index < -0.39 is 6.10 Å². The van der Waals surface area contributed by atoms with E-state index in [1.54, 1.807) is 6.20 Å². The second-order valence-electron chi connectivity index (χ2n) is 5.56. The molecule has 2 unspecified atom stereocenters. The lowest BCUT2D eigenvalue weighted by Gasteiger charge is -2.26. The molecule has 0 saturated carbocycles. The van der Waals surface area contributed by atoms with Crippen molar-refractivity contribution in [2.75, 3.05) is 13.1 Å². The molecule has 5 heteroatoms. The molecule has 2 atom stereocenters. The lowest BCUT2D eigenvalue weighted by atomic mass is 10.1. The molecule has 1 aliphatic rings. The number of fused-ring (bicyclic) bond motifs is 1. The van der Waals surface area contributed by atoms with Crippen LogP contribution in [-0.2, 0) is 13.1 Å². The number of aliphatic hydroxyl groups is 1. The summed E-state index contributed by atoms with van der Waals surface area (Å²) in [4.78, 5) is 6.61. The zero-order chi connectivity index (χ0) is 15.4. The van der Waals surface area contributed by atoms with E-state index in [9.17, 15) is 5.11 Å². The molecule has 0 spiro atoms. The Hall–Kier alpha value is -1.95. The summed E-state index contributed by atoms with van der Waals surface area (Å²) in [6, 6.07) is 13.8. The first-order valence-corrected chi connectivity index (χ1v) is 7.51. The van der Waals surface area contributed by atoms with Crippen LogP contribution in [0.25, 0.3) is 0 Å². The molecule has 116 valence electrons. The summed E-state index contributed by atoms with van der Waals surface area (Å²) in [7, 11) is 0. The van der Waals surface area contributed by atoms with Crippen LogP contribution in [0.1, 0.15) is 11.3 Å². The van der Waals surface area contributed by atoms with Gasteiger partial charge in [-0.2, -0.15) is 0 Å². The molecule has 1 aromatic carbocycles. The topological polar surface area (TPSA) is 71.6 Å². The maximum absolute atomic E-state index is 10.1. The highest BCUT2D eigenvalue weighted by atomic mass is 16.5. The van der Waals surface area contributed by atoms with E-state index in [-0.39, 0.29) is 12.6 Å². The fourth-order valence-electron chi connectivity index (χ4n) is 2.70. The highest BCUT2D eigenvalue weighted by Crippen LogP contribution is 2.26. The van der Waals surface area contributed by atoms with Gasteiger partial charge in [-0.3, -0.25) is 9.88 Å². The zero-order valence-electron chi connectivity index (χ0n) is 12.4. The van der Waals surface area contributed by atoms with E-state index in [0.717, 1.165) is 23.6 Å². The highest BCUT2D eigenvalue weighted by Gasteiger charge is 2.27. The van der Waals surface area contributed by atoms with E-state index in [4.69, 9.17) is 10.5 Å². The van der Waals surface area contributed by atoms with E-state index in [0.29, 0.717) is 13.1 Å². The van der Waals surface area contributed by atoms with E-state index >= 15 is 0 Å². The Balaban J connectivity index is 1.83. The van der Waals surface area contributed by atoms with Crippen molar-refractivity contribution in [3.8, 4) is 5.75 Å². The van der Waals surface area contributed by atoms with Gasteiger partial charge < -0.3 is 15.6 Å². The molecule has 2 aromatic rings. The van der Waals surface area contributed by atoms with Crippen molar-refractivity contribution in [1.29, 1.82) is 0 Å². The summed E-state index contributed by atoms with van der Waals surface area (Å²) >= 11 is 0. The Labute approximate surface area is 130 Å².